The van der Waals surface area contributed by atoms with Crippen LogP contribution in [0.5, 0.6) is 0 Å². The van der Waals surface area contributed by atoms with Crippen molar-refractivity contribution in [1.82, 2.24) is 14.8 Å². The fourth-order valence-corrected chi connectivity index (χ4v) is 5.10. The number of rotatable bonds is 4. The van der Waals surface area contributed by atoms with Crippen molar-refractivity contribution in [2.24, 2.45) is 0 Å². The van der Waals surface area contributed by atoms with Crippen molar-refractivity contribution in [2.75, 3.05) is 5.32 Å². The summed E-state index contributed by atoms with van der Waals surface area (Å²) in [6.45, 7) is 0.765. The van der Waals surface area contributed by atoms with E-state index in [4.69, 9.17) is 0 Å². The molecule has 1 fully saturated rings. The Balaban J connectivity index is 1.46. The number of halogens is 2. The van der Waals surface area contributed by atoms with E-state index in [9.17, 15) is 13.6 Å². The summed E-state index contributed by atoms with van der Waals surface area (Å²) in [4.78, 5) is 13.5. The molecule has 7 heteroatoms. The summed E-state index contributed by atoms with van der Waals surface area (Å²) < 4.78 is 30.2. The van der Waals surface area contributed by atoms with Gasteiger partial charge in [-0.1, -0.05) is 31.4 Å². The van der Waals surface area contributed by atoms with Crippen LogP contribution in [-0.4, -0.2) is 20.7 Å². The lowest BCUT2D eigenvalue weighted by Crippen LogP contribution is -2.38. The van der Waals surface area contributed by atoms with Crippen LogP contribution in [0, 0.1) is 11.6 Å². The number of nitrogens with one attached hydrogen (secondary N) is 1. The lowest BCUT2D eigenvalue weighted by Gasteiger charge is -2.28. The van der Waals surface area contributed by atoms with E-state index in [2.05, 4.69) is 15.5 Å². The summed E-state index contributed by atoms with van der Waals surface area (Å²) >= 11 is 0. The highest BCUT2D eigenvalue weighted by atomic mass is 19.1. The quantitative estimate of drug-likeness (QED) is 0.596. The van der Waals surface area contributed by atoms with Crippen molar-refractivity contribution in [3.05, 3.63) is 65.5 Å². The molecule has 3 aromatic rings. The second-order valence-corrected chi connectivity index (χ2v) is 8.85. The zero-order valence-electron chi connectivity index (χ0n) is 17.9. The minimum Gasteiger partial charge on any atom is -0.325 e. The number of carbonyl (C=O) groups is 1. The molecule has 0 saturated heterocycles. The Bertz CT molecular complexity index is 1130. The summed E-state index contributed by atoms with van der Waals surface area (Å²) in [6, 6.07) is 10.8. The molecule has 0 spiro atoms. The Morgan fingerprint density at radius 1 is 0.938 bits per heavy atom. The summed E-state index contributed by atoms with van der Waals surface area (Å²) in [7, 11) is 0. The van der Waals surface area contributed by atoms with Gasteiger partial charge < -0.3 is 9.88 Å². The van der Waals surface area contributed by atoms with E-state index in [1.165, 1.54) is 18.2 Å². The second-order valence-electron chi connectivity index (χ2n) is 8.85. The van der Waals surface area contributed by atoms with E-state index in [1.807, 2.05) is 4.57 Å². The molecular weight excluding hydrogens is 410 g/mol. The molecule has 1 N–H and O–H groups in total. The third kappa shape index (κ3) is 3.70. The molecule has 1 aliphatic carbocycles. The maximum Gasteiger partial charge on any atom is 0.235 e. The van der Waals surface area contributed by atoms with Gasteiger partial charge in [0.1, 0.15) is 17.5 Å². The van der Waals surface area contributed by atoms with Crippen molar-refractivity contribution in [3.63, 3.8) is 0 Å². The summed E-state index contributed by atoms with van der Waals surface area (Å²) in [5, 5.41) is 11.5. The van der Waals surface area contributed by atoms with Crippen molar-refractivity contribution in [3.8, 4) is 11.4 Å². The van der Waals surface area contributed by atoms with Crippen LogP contribution in [-0.2, 0) is 23.2 Å². The zero-order chi connectivity index (χ0) is 22.1. The normalized spacial score (nSPS) is 17.6. The lowest BCUT2D eigenvalue weighted by molar-refractivity contribution is -0.121. The number of nitrogens with zero attached hydrogens (tertiary/aromatic N) is 3. The van der Waals surface area contributed by atoms with E-state index < -0.39 is 11.2 Å². The maximum atomic E-state index is 14.8. The van der Waals surface area contributed by atoms with Gasteiger partial charge >= 0.3 is 0 Å². The molecule has 0 radical (unpaired) electrons. The molecule has 0 bridgehead atoms. The number of anilines is 1. The van der Waals surface area contributed by atoms with Gasteiger partial charge in [0.05, 0.1) is 11.0 Å². The Morgan fingerprint density at radius 3 is 2.50 bits per heavy atom. The molecular formula is C25H26F2N4O. The Morgan fingerprint density at radius 2 is 1.72 bits per heavy atom. The van der Waals surface area contributed by atoms with Gasteiger partial charge in [0.15, 0.2) is 5.82 Å². The third-order valence-electron chi connectivity index (χ3n) is 6.86. The average molecular weight is 437 g/mol. The number of fused-ring (bicyclic) bond motifs is 1. The molecule has 1 aliphatic heterocycles. The highest BCUT2D eigenvalue weighted by molar-refractivity contribution is 5.99. The van der Waals surface area contributed by atoms with Crippen LogP contribution in [0.25, 0.3) is 11.4 Å². The van der Waals surface area contributed by atoms with Gasteiger partial charge in [0.25, 0.3) is 0 Å². The Labute approximate surface area is 185 Å². The Hall–Kier alpha value is -3.09. The maximum absolute atomic E-state index is 14.8. The molecule has 5 rings (SSSR count). The molecule has 1 saturated carbocycles. The van der Waals surface area contributed by atoms with Crippen LogP contribution in [0.15, 0.2) is 42.5 Å². The van der Waals surface area contributed by atoms with Crippen molar-refractivity contribution < 1.29 is 13.6 Å². The van der Waals surface area contributed by atoms with Gasteiger partial charge in [0.2, 0.25) is 5.91 Å². The molecule has 1 aromatic heterocycles. The highest BCUT2D eigenvalue weighted by Crippen LogP contribution is 2.42. The van der Waals surface area contributed by atoms with Gasteiger partial charge in [0, 0.05) is 18.7 Å². The molecule has 2 aliphatic rings. The van der Waals surface area contributed by atoms with Gasteiger partial charge in [-0.15, -0.1) is 10.2 Å². The van der Waals surface area contributed by atoms with Crippen LogP contribution in [0.4, 0.5) is 14.5 Å². The van der Waals surface area contributed by atoms with Crippen LogP contribution < -0.4 is 5.32 Å². The Kier molecular flexibility index (Phi) is 5.49. The first-order valence-electron chi connectivity index (χ1n) is 11.4. The van der Waals surface area contributed by atoms with Crippen LogP contribution in [0.1, 0.15) is 56.3 Å². The molecule has 0 atom stereocenters. The first kappa shape index (κ1) is 20.8. The molecule has 2 aromatic carbocycles. The molecule has 1 amide bonds. The molecule has 5 nitrogen and oxygen atoms in total. The minimum atomic E-state index is -0.700. The monoisotopic (exact) mass is 436 g/mol. The smallest absolute Gasteiger partial charge is 0.235 e. The van der Waals surface area contributed by atoms with Crippen molar-refractivity contribution >= 4 is 11.6 Å². The van der Waals surface area contributed by atoms with Crippen LogP contribution >= 0.6 is 0 Å². The van der Waals surface area contributed by atoms with E-state index >= 15 is 0 Å². The minimum absolute atomic E-state index is 0.140. The van der Waals surface area contributed by atoms with Crippen LogP contribution in [0.2, 0.25) is 0 Å². The number of carbonyl (C=O) groups excluding carboxylic acids is 1. The number of hydrogen-bond acceptors (Lipinski definition) is 3. The summed E-state index contributed by atoms with van der Waals surface area (Å²) in [5.41, 5.74) is 0.976. The summed E-state index contributed by atoms with van der Waals surface area (Å²) in [6.07, 6.45) is 7.31. The first-order valence-corrected chi connectivity index (χ1v) is 11.4. The van der Waals surface area contributed by atoms with Crippen molar-refractivity contribution in [2.45, 2.75) is 63.3 Å². The molecule has 166 valence electrons. The fraction of sp³-hybridized carbons (Fsp3) is 0.400. The van der Waals surface area contributed by atoms with E-state index in [0.29, 0.717) is 29.9 Å². The van der Waals surface area contributed by atoms with Gasteiger partial charge in [-0.3, -0.25) is 4.79 Å². The highest BCUT2D eigenvalue weighted by Gasteiger charge is 2.42. The molecule has 0 unspecified atom stereocenters. The topological polar surface area (TPSA) is 59.8 Å². The zero-order valence-corrected chi connectivity index (χ0v) is 17.9. The standard InChI is InChI=1S/C25H26F2N4O/c26-18-9-7-17(8-10-18)25(13-3-4-14-25)24(32)28-19-11-12-21(27)20(16-19)23-30-29-22-6-2-1-5-15-31(22)23/h7-12,16H,1-6,13-15H2,(H,28,32). The lowest BCUT2D eigenvalue weighted by atomic mass is 9.78. The average Bonchev–Trinajstić information content (AvgIpc) is 3.38. The molecule has 2 heterocycles. The van der Waals surface area contributed by atoms with Gasteiger partial charge in [-0.25, -0.2) is 8.78 Å². The largest absolute Gasteiger partial charge is 0.325 e. The predicted octanol–water partition coefficient (Wildman–Crippen LogP) is 5.40. The van der Waals surface area contributed by atoms with E-state index in [1.54, 1.807) is 24.3 Å². The van der Waals surface area contributed by atoms with Gasteiger partial charge in [-0.05, 0) is 61.6 Å². The second kappa shape index (κ2) is 8.45. The van der Waals surface area contributed by atoms with E-state index in [0.717, 1.165) is 56.5 Å². The number of aryl methyl sites for hydroxylation is 1. The van der Waals surface area contributed by atoms with E-state index in [-0.39, 0.29) is 11.7 Å². The molecule has 32 heavy (non-hydrogen) atoms. The van der Waals surface area contributed by atoms with Crippen molar-refractivity contribution in [1.29, 1.82) is 0 Å². The fourth-order valence-electron chi connectivity index (χ4n) is 5.10. The summed E-state index contributed by atoms with van der Waals surface area (Å²) in [5.74, 6) is 0.533. The van der Waals surface area contributed by atoms with Gasteiger partial charge in [-0.2, -0.15) is 0 Å². The number of benzene rings is 2. The number of hydrogen-bond donors (Lipinski definition) is 1. The SMILES string of the molecule is O=C(Nc1ccc(F)c(-c2nnc3n2CCCCC3)c1)C1(c2ccc(F)cc2)CCCC1. The number of amides is 1. The third-order valence-corrected chi connectivity index (χ3v) is 6.86. The number of aromatic nitrogens is 3. The van der Waals surface area contributed by atoms with Crippen LogP contribution in [0.3, 0.4) is 0 Å². The first-order chi connectivity index (χ1) is 15.6. The predicted molar refractivity (Wildman–Crippen MR) is 118 cm³/mol.